The Morgan fingerprint density at radius 3 is 2.85 bits per heavy atom. The number of carbonyl (C=O) groups is 1. The molecule has 1 aliphatic rings. The van der Waals surface area contributed by atoms with Crippen LogP contribution >= 0.6 is 0 Å². The molecule has 5 heteroatoms. The van der Waals surface area contributed by atoms with Crippen LogP contribution < -0.4 is 5.32 Å². The van der Waals surface area contributed by atoms with E-state index in [1.165, 1.54) is 11.3 Å². The molecule has 5 nitrogen and oxygen atoms in total. The number of hydrogen-bond acceptors (Lipinski definition) is 3. The number of amides is 1. The lowest BCUT2D eigenvalue weighted by Gasteiger charge is -2.25. The Balaban J connectivity index is 1.69. The molecular weight excluding hydrogens is 324 g/mol. The van der Waals surface area contributed by atoms with Crippen LogP contribution in [0.25, 0.3) is 0 Å². The average Bonchev–Trinajstić information content (AvgIpc) is 3.00. The second kappa shape index (κ2) is 8.32. The van der Waals surface area contributed by atoms with E-state index in [1.807, 2.05) is 16.8 Å². The van der Waals surface area contributed by atoms with Gasteiger partial charge in [0.15, 0.2) is 5.69 Å². The molecule has 1 N–H and O–H groups in total. The summed E-state index contributed by atoms with van der Waals surface area (Å²) in [6.07, 6.45) is 5.72. The van der Waals surface area contributed by atoms with Crippen LogP contribution in [0.15, 0.2) is 43.0 Å². The van der Waals surface area contributed by atoms with E-state index in [0.717, 1.165) is 37.8 Å². The van der Waals surface area contributed by atoms with Gasteiger partial charge in [-0.25, -0.2) is 0 Å². The Labute approximate surface area is 155 Å². The molecule has 1 atom stereocenters. The van der Waals surface area contributed by atoms with Gasteiger partial charge in [-0.05, 0) is 37.8 Å². The lowest BCUT2D eigenvalue weighted by molar-refractivity contribution is 0.0820. The number of rotatable bonds is 7. The minimum atomic E-state index is -0.0194. The number of fused-ring (bicyclic) bond motifs is 1. The van der Waals surface area contributed by atoms with Crippen molar-refractivity contribution in [2.45, 2.75) is 38.3 Å². The lowest BCUT2D eigenvalue weighted by Crippen LogP contribution is -2.36. The van der Waals surface area contributed by atoms with Gasteiger partial charge in [0.25, 0.3) is 5.91 Å². The van der Waals surface area contributed by atoms with Crippen molar-refractivity contribution in [3.8, 4) is 0 Å². The minimum absolute atomic E-state index is 0.0194. The second-order valence-electron chi connectivity index (χ2n) is 7.07. The summed E-state index contributed by atoms with van der Waals surface area (Å²) in [7, 11) is 3.55. The predicted molar refractivity (Wildman–Crippen MR) is 104 cm³/mol. The Morgan fingerprint density at radius 2 is 2.15 bits per heavy atom. The highest BCUT2D eigenvalue weighted by molar-refractivity contribution is 5.93. The largest absolute Gasteiger partial charge is 0.343 e. The van der Waals surface area contributed by atoms with Gasteiger partial charge < -0.3 is 10.2 Å². The van der Waals surface area contributed by atoms with Crippen molar-refractivity contribution >= 4 is 5.91 Å². The van der Waals surface area contributed by atoms with Gasteiger partial charge in [-0.3, -0.25) is 9.48 Å². The predicted octanol–water partition coefficient (Wildman–Crippen LogP) is 2.46. The van der Waals surface area contributed by atoms with E-state index < -0.39 is 0 Å². The van der Waals surface area contributed by atoms with Crippen LogP contribution in [0.2, 0.25) is 0 Å². The fourth-order valence-electron chi connectivity index (χ4n) is 3.58. The molecule has 1 aliphatic carbocycles. The third-order valence-electron chi connectivity index (χ3n) is 4.95. The first-order valence-electron chi connectivity index (χ1n) is 9.28. The molecule has 1 unspecified atom stereocenters. The summed E-state index contributed by atoms with van der Waals surface area (Å²) in [4.78, 5) is 14.1. The van der Waals surface area contributed by atoms with Crippen molar-refractivity contribution in [3.63, 3.8) is 0 Å². The van der Waals surface area contributed by atoms with Gasteiger partial charge in [0.1, 0.15) is 0 Å². The van der Waals surface area contributed by atoms with Crippen molar-refractivity contribution in [1.82, 2.24) is 20.0 Å². The summed E-state index contributed by atoms with van der Waals surface area (Å²) in [6, 6.07) is 10.9. The van der Waals surface area contributed by atoms with Gasteiger partial charge in [-0.1, -0.05) is 36.4 Å². The first kappa shape index (κ1) is 18.4. The van der Waals surface area contributed by atoms with Crippen LogP contribution in [0, 0.1) is 0 Å². The molecule has 0 fully saturated rings. The van der Waals surface area contributed by atoms with Gasteiger partial charge in [0.2, 0.25) is 0 Å². The number of nitrogens with one attached hydrogen (secondary N) is 1. The summed E-state index contributed by atoms with van der Waals surface area (Å²) < 4.78 is 1.94. The molecule has 2 aromatic rings. The van der Waals surface area contributed by atoms with E-state index in [9.17, 15) is 4.79 Å². The molecule has 138 valence electrons. The average molecular weight is 352 g/mol. The van der Waals surface area contributed by atoms with Crippen LogP contribution in [0.5, 0.6) is 0 Å². The molecule has 0 spiro atoms. The number of aromatic nitrogens is 2. The van der Waals surface area contributed by atoms with E-state index in [2.05, 4.69) is 41.3 Å². The fraction of sp³-hybridized carbons (Fsp3) is 0.429. The van der Waals surface area contributed by atoms with Crippen molar-refractivity contribution in [2.75, 3.05) is 20.6 Å². The first-order chi connectivity index (χ1) is 12.6. The van der Waals surface area contributed by atoms with Crippen molar-refractivity contribution in [1.29, 1.82) is 0 Å². The summed E-state index contributed by atoms with van der Waals surface area (Å²) in [6.45, 7) is 5.40. The second-order valence-corrected chi connectivity index (χ2v) is 7.07. The molecule has 0 aliphatic heterocycles. The summed E-state index contributed by atoms with van der Waals surface area (Å²) in [5, 5.41) is 8.26. The lowest BCUT2D eigenvalue weighted by atomic mass is 9.91. The van der Waals surface area contributed by atoms with Crippen molar-refractivity contribution in [3.05, 3.63) is 65.5 Å². The highest BCUT2D eigenvalue weighted by Gasteiger charge is 2.29. The van der Waals surface area contributed by atoms with Crippen molar-refractivity contribution in [2.24, 2.45) is 0 Å². The Hall–Kier alpha value is -2.40. The topological polar surface area (TPSA) is 50.2 Å². The van der Waals surface area contributed by atoms with Crippen LogP contribution in [-0.2, 0) is 25.8 Å². The normalized spacial score (nSPS) is 16.2. The number of hydrogen-bond donors (Lipinski definition) is 1. The SMILES string of the molecule is C=CCn1nc(C(=O)N(C)C)c2c1CCC(NCCc1ccccc1)C2. The van der Waals surface area contributed by atoms with Crippen LogP contribution in [-0.4, -0.2) is 47.3 Å². The number of benzene rings is 1. The minimum Gasteiger partial charge on any atom is -0.343 e. The Bertz CT molecular complexity index is 764. The van der Waals surface area contributed by atoms with E-state index in [0.29, 0.717) is 18.3 Å². The molecule has 0 radical (unpaired) electrons. The molecule has 26 heavy (non-hydrogen) atoms. The molecule has 1 aromatic carbocycles. The first-order valence-corrected chi connectivity index (χ1v) is 9.28. The molecule has 0 bridgehead atoms. The maximum absolute atomic E-state index is 12.5. The molecule has 1 heterocycles. The highest BCUT2D eigenvalue weighted by Crippen LogP contribution is 2.26. The third-order valence-corrected chi connectivity index (χ3v) is 4.95. The zero-order chi connectivity index (χ0) is 18.5. The number of allylic oxidation sites excluding steroid dienone is 1. The quantitative estimate of drug-likeness (QED) is 0.779. The maximum atomic E-state index is 12.5. The van der Waals surface area contributed by atoms with Gasteiger partial charge in [0.05, 0.1) is 6.54 Å². The molecule has 3 rings (SSSR count). The smallest absolute Gasteiger partial charge is 0.274 e. The molecular formula is C21H28N4O. The van der Waals surface area contributed by atoms with Gasteiger partial charge in [-0.2, -0.15) is 5.10 Å². The van der Waals surface area contributed by atoms with E-state index in [1.54, 1.807) is 19.0 Å². The molecule has 1 amide bonds. The van der Waals surface area contributed by atoms with Gasteiger partial charge >= 0.3 is 0 Å². The molecule has 0 saturated heterocycles. The standard InChI is InChI=1S/C21H28N4O/c1-4-14-25-19-11-10-17(22-13-12-16-8-6-5-7-9-16)15-18(19)20(23-25)21(26)24(2)3/h4-9,17,22H,1,10-15H2,2-3H3. The Morgan fingerprint density at radius 1 is 1.38 bits per heavy atom. The van der Waals surface area contributed by atoms with E-state index in [-0.39, 0.29) is 5.91 Å². The number of nitrogens with zero attached hydrogens (tertiary/aromatic N) is 3. The van der Waals surface area contributed by atoms with Crippen molar-refractivity contribution < 1.29 is 4.79 Å². The highest BCUT2D eigenvalue weighted by atomic mass is 16.2. The van der Waals surface area contributed by atoms with E-state index in [4.69, 9.17) is 0 Å². The van der Waals surface area contributed by atoms with Crippen LogP contribution in [0.1, 0.15) is 33.7 Å². The third kappa shape index (κ3) is 4.05. The molecule has 0 saturated carbocycles. The van der Waals surface area contributed by atoms with Gasteiger partial charge in [-0.15, -0.1) is 6.58 Å². The van der Waals surface area contributed by atoms with Crippen LogP contribution in [0.4, 0.5) is 0 Å². The maximum Gasteiger partial charge on any atom is 0.274 e. The van der Waals surface area contributed by atoms with E-state index >= 15 is 0 Å². The molecule has 1 aromatic heterocycles. The Kier molecular flexibility index (Phi) is 5.89. The summed E-state index contributed by atoms with van der Waals surface area (Å²) in [5.74, 6) is -0.0194. The summed E-state index contributed by atoms with van der Waals surface area (Å²) >= 11 is 0. The van der Waals surface area contributed by atoms with Gasteiger partial charge in [0, 0.05) is 31.4 Å². The number of carbonyl (C=O) groups excluding carboxylic acids is 1. The zero-order valence-electron chi connectivity index (χ0n) is 15.7. The fourth-order valence-corrected chi connectivity index (χ4v) is 3.58. The zero-order valence-corrected chi connectivity index (χ0v) is 15.7. The summed E-state index contributed by atoms with van der Waals surface area (Å²) in [5.41, 5.74) is 4.24. The van der Waals surface area contributed by atoms with Crippen LogP contribution in [0.3, 0.4) is 0 Å². The monoisotopic (exact) mass is 352 g/mol.